The number of alkyl halides is 1. The Hall–Kier alpha value is -0.800. The maximum atomic E-state index is 11.4. The second kappa shape index (κ2) is 5.34. The molecule has 0 aliphatic heterocycles. The number of hydrogen-bond acceptors (Lipinski definition) is 1. The molecule has 0 aliphatic carbocycles. The Morgan fingerprint density at radius 3 is 2.67 bits per heavy atom. The van der Waals surface area contributed by atoms with Crippen molar-refractivity contribution < 1.29 is 4.39 Å². The summed E-state index contributed by atoms with van der Waals surface area (Å²) in [6.45, 7) is 2.35. The van der Waals surface area contributed by atoms with E-state index in [2.05, 4.69) is 10.6 Å². The number of nitrogens with one attached hydrogen (secondary N) is 3. The fraction of sp³-hybridized carbons (Fsp3) is 0.800. The van der Waals surface area contributed by atoms with Gasteiger partial charge in [-0.3, -0.25) is 5.41 Å². The first-order chi connectivity index (χ1) is 4.31. The Bertz CT molecular complexity index is 84.3. The molecule has 0 aromatic carbocycles. The van der Waals surface area contributed by atoms with Crippen LogP contribution in [0.2, 0.25) is 0 Å². The van der Waals surface area contributed by atoms with Crippen LogP contribution in [0.15, 0.2) is 0 Å². The van der Waals surface area contributed by atoms with Gasteiger partial charge < -0.3 is 10.6 Å². The van der Waals surface area contributed by atoms with Crippen molar-refractivity contribution in [2.75, 3.05) is 19.8 Å². The third-order valence-electron chi connectivity index (χ3n) is 0.750. The van der Waals surface area contributed by atoms with Crippen molar-refractivity contribution in [3.63, 3.8) is 0 Å². The molecule has 0 bridgehead atoms. The first kappa shape index (κ1) is 8.20. The van der Waals surface area contributed by atoms with Gasteiger partial charge in [0.15, 0.2) is 5.96 Å². The molecule has 0 radical (unpaired) electrons. The molecule has 0 atom stereocenters. The van der Waals surface area contributed by atoms with Gasteiger partial charge in [-0.15, -0.1) is 0 Å². The van der Waals surface area contributed by atoms with Gasteiger partial charge in [0.25, 0.3) is 0 Å². The first-order valence-corrected chi connectivity index (χ1v) is 2.93. The van der Waals surface area contributed by atoms with E-state index >= 15 is 0 Å². The van der Waals surface area contributed by atoms with Crippen LogP contribution < -0.4 is 10.6 Å². The van der Waals surface area contributed by atoms with Gasteiger partial charge in [0.1, 0.15) is 6.67 Å². The summed E-state index contributed by atoms with van der Waals surface area (Å²) in [5.41, 5.74) is 0. The van der Waals surface area contributed by atoms with E-state index in [1.807, 2.05) is 6.92 Å². The molecule has 3 N–H and O–H groups in total. The first-order valence-electron chi connectivity index (χ1n) is 2.93. The van der Waals surface area contributed by atoms with Gasteiger partial charge in [-0.25, -0.2) is 4.39 Å². The predicted molar refractivity (Wildman–Crippen MR) is 35.4 cm³/mol. The van der Waals surface area contributed by atoms with E-state index in [1.165, 1.54) is 0 Å². The fourth-order valence-electron chi connectivity index (χ4n) is 0.412. The molecule has 0 aromatic heterocycles. The highest BCUT2D eigenvalue weighted by Gasteiger charge is 1.88. The molecule has 0 amide bonds. The van der Waals surface area contributed by atoms with Gasteiger partial charge in [-0.05, 0) is 6.92 Å². The molecule has 0 spiro atoms. The second-order valence-corrected chi connectivity index (χ2v) is 1.52. The standard InChI is InChI=1S/C5H12FN3/c1-2-8-5(7)9-4-3-6/h2-4H2,1H3,(H3,7,8,9). The van der Waals surface area contributed by atoms with Crippen LogP contribution in [0.1, 0.15) is 6.92 Å². The quantitative estimate of drug-likeness (QED) is 0.377. The molecule has 0 fully saturated rings. The predicted octanol–water partition coefficient (Wildman–Crippen LogP) is 0.0898. The molecule has 0 rings (SSSR count). The van der Waals surface area contributed by atoms with Crippen LogP contribution in [-0.2, 0) is 0 Å². The highest BCUT2D eigenvalue weighted by atomic mass is 19.1. The lowest BCUT2D eigenvalue weighted by Gasteiger charge is -2.04. The van der Waals surface area contributed by atoms with Crippen molar-refractivity contribution in [1.82, 2.24) is 10.6 Å². The third-order valence-corrected chi connectivity index (χ3v) is 0.750. The minimum atomic E-state index is -0.437. The maximum absolute atomic E-state index is 11.4. The number of hydrogen-bond donors (Lipinski definition) is 3. The number of guanidine groups is 1. The third kappa shape index (κ3) is 5.06. The van der Waals surface area contributed by atoms with Crippen molar-refractivity contribution in [2.45, 2.75) is 6.92 Å². The van der Waals surface area contributed by atoms with E-state index in [0.717, 1.165) is 0 Å². The Kier molecular flexibility index (Phi) is 4.86. The Morgan fingerprint density at radius 2 is 2.22 bits per heavy atom. The highest BCUT2D eigenvalue weighted by molar-refractivity contribution is 5.76. The summed E-state index contributed by atoms with van der Waals surface area (Å²) >= 11 is 0. The Balaban J connectivity index is 3.06. The monoisotopic (exact) mass is 133 g/mol. The van der Waals surface area contributed by atoms with Crippen molar-refractivity contribution >= 4 is 5.96 Å². The van der Waals surface area contributed by atoms with Crippen molar-refractivity contribution in [3.05, 3.63) is 0 Å². The zero-order valence-electron chi connectivity index (χ0n) is 5.50. The van der Waals surface area contributed by atoms with E-state index in [4.69, 9.17) is 5.41 Å². The van der Waals surface area contributed by atoms with Gasteiger partial charge in [0, 0.05) is 13.1 Å². The van der Waals surface area contributed by atoms with Crippen molar-refractivity contribution in [3.8, 4) is 0 Å². The zero-order valence-corrected chi connectivity index (χ0v) is 5.50. The molecule has 0 unspecified atom stereocenters. The summed E-state index contributed by atoms with van der Waals surface area (Å²) in [6.07, 6.45) is 0. The topological polar surface area (TPSA) is 47.9 Å². The molecule has 0 heterocycles. The minimum Gasteiger partial charge on any atom is -0.357 e. The second-order valence-electron chi connectivity index (χ2n) is 1.52. The molecule has 0 aliphatic rings. The Morgan fingerprint density at radius 1 is 1.56 bits per heavy atom. The molecule has 3 nitrogen and oxygen atoms in total. The SMILES string of the molecule is CCNC(=N)NCCF. The van der Waals surface area contributed by atoms with Crippen LogP contribution in [-0.4, -0.2) is 25.7 Å². The maximum Gasteiger partial charge on any atom is 0.188 e. The molecule has 9 heavy (non-hydrogen) atoms. The largest absolute Gasteiger partial charge is 0.357 e. The number of halogens is 1. The fourth-order valence-corrected chi connectivity index (χ4v) is 0.412. The van der Waals surface area contributed by atoms with Crippen LogP contribution in [0.25, 0.3) is 0 Å². The summed E-state index contributed by atoms with van der Waals surface area (Å²) in [7, 11) is 0. The van der Waals surface area contributed by atoms with E-state index in [-0.39, 0.29) is 12.5 Å². The summed E-state index contributed by atoms with van der Waals surface area (Å²) in [5, 5.41) is 12.2. The molecular formula is C5H12FN3. The molecule has 0 saturated carbocycles. The van der Waals surface area contributed by atoms with Crippen molar-refractivity contribution in [2.24, 2.45) is 0 Å². The van der Waals surface area contributed by atoms with E-state index in [1.54, 1.807) is 0 Å². The van der Waals surface area contributed by atoms with Gasteiger partial charge in [-0.2, -0.15) is 0 Å². The summed E-state index contributed by atoms with van der Waals surface area (Å²) in [5.74, 6) is 0.190. The zero-order chi connectivity index (χ0) is 7.11. The van der Waals surface area contributed by atoms with Crippen molar-refractivity contribution in [1.29, 1.82) is 5.41 Å². The van der Waals surface area contributed by atoms with Gasteiger partial charge in [0.2, 0.25) is 0 Å². The Labute approximate surface area is 54.1 Å². The van der Waals surface area contributed by atoms with E-state index in [9.17, 15) is 4.39 Å². The van der Waals surface area contributed by atoms with Crippen LogP contribution in [0, 0.1) is 5.41 Å². The molecule has 4 heteroatoms. The average Bonchev–Trinajstić information content (AvgIpc) is 1.85. The summed E-state index contributed by atoms with van der Waals surface area (Å²) in [6, 6.07) is 0. The van der Waals surface area contributed by atoms with Crippen LogP contribution in [0.4, 0.5) is 4.39 Å². The van der Waals surface area contributed by atoms with Gasteiger partial charge in [0.05, 0.1) is 0 Å². The summed E-state index contributed by atoms with van der Waals surface area (Å²) < 4.78 is 11.4. The molecule has 0 saturated heterocycles. The minimum absolute atomic E-state index is 0.190. The number of rotatable bonds is 3. The molecular weight excluding hydrogens is 121 g/mol. The van der Waals surface area contributed by atoms with Crippen LogP contribution in [0.5, 0.6) is 0 Å². The van der Waals surface area contributed by atoms with E-state index in [0.29, 0.717) is 6.54 Å². The lowest BCUT2D eigenvalue weighted by atomic mass is 10.7. The van der Waals surface area contributed by atoms with Gasteiger partial charge >= 0.3 is 0 Å². The lowest BCUT2D eigenvalue weighted by molar-refractivity contribution is 0.489. The smallest absolute Gasteiger partial charge is 0.188 e. The van der Waals surface area contributed by atoms with E-state index < -0.39 is 6.67 Å². The van der Waals surface area contributed by atoms with Crippen LogP contribution >= 0.6 is 0 Å². The summed E-state index contributed by atoms with van der Waals surface area (Å²) in [4.78, 5) is 0. The molecule has 0 aromatic rings. The van der Waals surface area contributed by atoms with Crippen LogP contribution in [0.3, 0.4) is 0 Å². The highest BCUT2D eigenvalue weighted by Crippen LogP contribution is 1.63. The lowest BCUT2D eigenvalue weighted by Crippen LogP contribution is -2.37. The normalized spacial score (nSPS) is 8.67. The molecule has 54 valence electrons. The average molecular weight is 133 g/mol. The van der Waals surface area contributed by atoms with Gasteiger partial charge in [-0.1, -0.05) is 0 Å².